The van der Waals surface area contributed by atoms with Gasteiger partial charge < -0.3 is 5.73 Å². The number of nitrogen functional groups attached to an aromatic ring is 1. The van der Waals surface area contributed by atoms with Crippen molar-refractivity contribution in [1.29, 1.82) is 10.5 Å². The molecule has 0 saturated carbocycles. The molecule has 1 aromatic rings. The maximum atomic E-state index is 10.8. The van der Waals surface area contributed by atoms with Crippen LogP contribution < -0.4 is 5.73 Å². The van der Waals surface area contributed by atoms with E-state index < -0.39 is 15.0 Å². The minimum absolute atomic E-state index is 0.104. The lowest BCUT2D eigenvalue weighted by atomic mass is 10.1. The molecule has 0 heterocycles. The van der Waals surface area contributed by atoms with Crippen LogP contribution in [-0.2, 0) is 10.1 Å². The highest BCUT2D eigenvalue weighted by Crippen LogP contribution is 2.21. The van der Waals surface area contributed by atoms with Crippen LogP contribution >= 0.6 is 0 Å². The highest BCUT2D eigenvalue weighted by atomic mass is 32.2. The fourth-order valence-electron chi connectivity index (χ4n) is 0.961. The quantitative estimate of drug-likeness (QED) is 0.519. The molecule has 6 nitrogen and oxygen atoms in total. The van der Waals surface area contributed by atoms with E-state index in [2.05, 4.69) is 0 Å². The Balaban J connectivity index is 3.66. The van der Waals surface area contributed by atoms with Crippen molar-refractivity contribution in [1.82, 2.24) is 0 Å². The molecule has 0 atom stereocenters. The summed E-state index contributed by atoms with van der Waals surface area (Å²) in [5, 5.41) is 17.2. The lowest BCUT2D eigenvalue weighted by Crippen LogP contribution is -2.02. The molecule has 0 fully saturated rings. The monoisotopic (exact) mass is 223 g/mol. The van der Waals surface area contributed by atoms with Crippen LogP contribution in [0.2, 0.25) is 0 Å². The van der Waals surface area contributed by atoms with Gasteiger partial charge in [-0.25, -0.2) is 0 Å². The molecule has 7 heteroatoms. The summed E-state index contributed by atoms with van der Waals surface area (Å²) >= 11 is 0. The molecule has 1 aromatic carbocycles. The molecule has 0 radical (unpaired) electrons. The maximum absolute atomic E-state index is 10.8. The third kappa shape index (κ3) is 2.05. The van der Waals surface area contributed by atoms with Crippen molar-refractivity contribution in [3.63, 3.8) is 0 Å². The van der Waals surface area contributed by atoms with Crippen molar-refractivity contribution < 1.29 is 13.0 Å². The predicted octanol–water partition coefficient (Wildman–Crippen LogP) is 0.259. The smallest absolute Gasteiger partial charge is 0.294 e. The van der Waals surface area contributed by atoms with Gasteiger partial charge in [-0.2, -0.15) is 18.9 Å². The van der Waals surface area contributed by atoms with E-state index in [0.717, 1.165) is 12.1 Å². The Hall–Kier alpha value is -2.09. The average molecular weight is 223 g/mol. The number of benzene rings is 1. The lowest BCUT2D eigenvalue weighted by Gasteiger charge is -2.02. The van der Waals surface area contributed by atoms with Crippen LogP contribution in [0.25, 0.3) is 0 Å². The molecule has 0 aliphatic carbocycles. The SMILES string of the molecule is N#Cc1cc(S(=O)(=O)O)cc(C#N)c1N. The van der Waals surface area contributed by atoms with Crippen LogP contribution in [0.15, 0.2) is 17.0 Å². The molecule has 3 N–H and O–H groups in total. The lowest BCUT2D eigenvalue weighted by molar-refractivity contribution is 0.483. The topological polar surface area (TPSA) is 128 Å². The van der Waals surface area contributed by atoms with E-state index in [1.165, 1.54) is 0 Å². The average Bonchev–Trinajstić information content (AvgIpc) is 2.16. The summed E-state index contributed by atoms with van der Waals surface area (Å²) in [4.78, 5) is -0.523. The zero-order valence-corrected chi connectivity index (χ0v) is 8.11. The summed E-state index contributed by atoms with van der Waals surface area (Å²) in [6, 6.07) is 5.08. The van der Waals surface area contributed by atoms with Crippen LogP contribution in [0.4, 0.5) is 5.69 Å². The fraction of sp³-hybridized carbons (Fsp3) is 0. The van der Waals surface area contributed by atoms with Gasteiger partial charge in [0.25, 0.3) is 10.1 Å². The summed E-state index contributed by atoms with van der Waals surface area (Å²) in [6.07, 6.45) is 0. The zero-order chi connectivity index (χ0) is 11.6. The second kappa shape index (κ2) is 3.58. The first-order chi connectivity index (χ1) is 6.90. The Kier molecular flexibility index (Phi) is 2.62. The van der Waals surface area contributed by atoms with Gasteiger partial charge in [0.2, 0.25) is 0 Å². The van der Waals surface area contributed by atoms with E-state index in [9.17, 15) is 8.42 Å². The van der Waals surface area contributed by atoms with Gasteiger partial charge >= 0.3 is 0 Å². The van der Waals surface area contributed by atoms with Crippen LogP contribution in [0.1, 0.15) is 11.1 Å². The first-order valence-electron chi connectivity index (χ1n) is 3.61. The second-order valence-electron chi connectivity index (χ2n) is 2.63. The van der Waals surface area contributed by atoms with Gasteiger partial charge in [-0.05, 0) is 12.1 Å². The van der Waals surface area contributed by atoms with Gasteiger partial charge in [0.15, 0.2) is 0 Å². The molecule has 0 bridgehead atoms. The molecule has 0 aliphatic heterocycles. The van der Waals surface area contributed by atoms with E-state index in [1.807, 2.05) is 0 Å². The molecule has 0 unspecified atom stereocenters. The number of hydrogen-bond acceptors (Lipinski definition) is 5. The number of anilines is 1. The van der Waals surface area contributed by atoms with Crippen molar-refractivity contribution in [2.24, 2.45) is 0 Å². The molecule has 1 rings (SSSR count). The van der Waals surface area contributed by atoms with Gasteiger partial charge in [-0.1, -0.05) is 0 Å². The summed E-state index contributed by atoms with van der Waals surface area (Å²) in [5.74, 6) is 0. The molecule has 0 aromatic heterocycles. The van der Waals surface area contributed by atoms with Gasteiger partial charge in [-0.3, -0.25) is 4.55 Å². The largest absolute Gasteiger partial charge is 0.397 e. The van der Waals surface area contributed by atoms with Crippen molar-refractivity contribution >= 4 is 15.8 Å². The molecular formula is C8H5N3O3S. The van der Waals surface area contributed by atoms with E-state index >= 15 is 0 Å². The van der Waals surface area contributed by atoms with Crippen LogP contribution in [0.3, 0.4) is 0 Å². The number of nitriles is 2. The van der Waals surface area contributed by atoms with Gasteiger partial charge in [0.1, 0.15) is 12.1 Å². The minimum atomic E-state index is -4.44. The zero-order valence-electron chi connectivity index (χ0n) is 7.30. The number of hydrogen-bond donors (Lipinski definition) is 2. The van der Waals surface area contributed by atoms with Crippen LogP contribution in [0.5, 0.6) is 0 Å². The van der Waals surface area contributed by atoms with Crippen molar-refractivity contribution in [3.8, 4) is 12.1 Å². The molecule has 15 heavy (non-hydrogen) atoms. The third-order valence-electron chi connectivity index (χ3n) is 1.69. The highest BCUT2D eigenvalue weighted by Gasteiger charge is 2.15. The van der Waals surface area contributed by atoms with Gasteiger partial charge in [-0.15, -0.1) is 0 Å². The molecule has 0 spiro atoms. The Morgan fingerprint density at radius 2 is 1.60 bits per heavy atom. The van der Waals surface area contributed by atoms with Gasteiger partial charge in [0, 0.05) is 0 Å². The number of nitrogens with two attached hydrogens (primary N) is 1. The standard InChI is InChI=1S/C8H5N3O3S/c9-3-5-1-7(15(12,13)14)2-6(4-10)8(5)11/h1-2H,11H2,(H,12,13,14). The van der Waals surface area contributed by atoms with E-state index in [-0.39, 0.29) is 16.8 Å². The first-order valence-corrected chi connectivity index (χ1v) is 5.05. The Morgan fingerprint density at radius 3 is 1.87 bits per heavy atom. The Labute approximate surface area is 85.9 Å². The summed E-state index contributed by atoms with van der Waals surface area (Å²) in [6.45, 7) is 0. The van der Waals surface area contributed by atoms with Crippen molar-refractivity contribution in [2.75, 3.05) is 5.73 Å². The number of nitrogens with zero attached hydrogens (tertiary/aromatic N) is 2. The first kappa shape index (κ1) is 11.0. The maximum Gasteiger partial charge on any atom is 0.294 e. The van der Waals surface area contributed by atoms with Crippen molar-refractivity contribution in [3.05, 3.63) is 23.3 Å². The second-order valence-corrected chi connectivity index (χ2v) is 4.05. The molecule has 0 amide bonds. The van der Waals surface area contributed by atoms with Crippen molar-refractivity contribution in [2.45, 2.75) is 4.90 Å². The van der Waals surface area contributed by atoms with Crippen LogP contribution in [0, 0.1) is 22.7 Å². The number of rotatable bonds is 1. The summed E-state index contributed by atoms with van der Waals surface area (Å²) in [5.41, 5.74) is 4.96. The Bertz CT molecular complexity index is 558. The van der Waals surface area contributed by atoms with E-state index in [0.29, 0.717) is 0 Å². The van der Waals surface area contributed by atoms with Gasteiger partial charge in [0.05, 0.1) is 21.7 Å². The van der Waals surface area contributed by atoms with E-state index in [4.69, 9.17) is 20.8 Å². The molecular weight excluding hydrogens is 218 g/mol. The molecule has 76 valence electrons. The predicted molar refractivity (Wildman–Crippen MR) is 50.1 cm³/mol. The van der Waals surface area contributed by atoms with Crippen LogP contribution in [-0.4, -0.2) is 13.0 Å². The normalized spacial score (nSPS) is 10.3. The minimum Gasteiger partial charge on any atom is -0.397 e. The summed E-state index contributed by atoms with van der Waals surface area (Å²) < 4.78 is 30.3. The highest BCUT2D eigenvalue weighted by molar-refractivity contribution is 7.85. The molecule has 0 saturated heterocycles. The third-order valence-corrected chi connectivity index (χ3v) is 2.52. The summed E-state index contributed by atoms with van der Waals surface area (Å²) in [7, 11) is -4.44. The fourth-order valence-corrected chi connectivity index (χ4v) is 1.49. The van der Waals surface area contributed by atoms with E-state index in [1.54, 1.807) is 12.1 Å². The Morgan fingerprint density at radius 1 is 1.20 bits per heavy atom. The molecule has 0 aliphatic rings.